The lowest BCUT2D eigenvalue weighted by Crippen LogP contribution is -2.11. The maximum absolute atomic E-state index is 12.7. The Morgan fingerprint density at radius 1 is 1.50 bits per heavy atom. The zero-order chi connectivity index (χ0) is 15.1. The van der Waals surface area contributed by atoms with Gasteiger partial charge in [0.1, 0.15) is 5.52 Å². The SMILES string of the molecule is CCOC(=O)c1c(N)c2ncc(C(F)(F)F)cc2n1C. The van der Waals surface area contributed by atoms with E-state index in [0.717, 1.165) is 6.07 Å². The van der Waals surface area contributed by atoms with E-state index in [0.29, 0.717) is 6.20 Å². The average molecular weight is 287 g/mol. The summed E-state index contributed by atoms with van der Waals surface area (Å²) < 4.78 is 44.1. The Balaban J connectivity index is 2.67. The molecule has 0 unspecified atom stereocenters. The second-order valence-corrected chi connectivity index (χ2v) is 4.13. The molecule has 2 aromatic rings. The fourth-order valence-electron chi connectivity index (χ4n) is 1.93. The van der Waals surface area contributed by atoms with E-state index in [-0.39, 0.29) is 29.0 Å². The van der Waals surface area contributed by atoms with E-state index in [4.69, 9.17) is 10.5 Å². The highest BCUT2D eigenvalue weighted by Gasteiger charge is 2.32. The van der Waals surface area contributed by atoms with Crippen LogP contribution in [0.15, 0.2) is 12.3 Å². The van der Waals surface area contributed by atoms with Crippen LogP contribution in [-0.2, 0) is 18.0 Å². The summed E-state index contributed by atoms with van der Waals surface area (Å²) in [5.41, 5.74) is 5.13. The van der Waals surface area contributed by atoms with E-state index in [1.807, 2.05) is 0 Å². The van der Waals surface area contributed by atoms with Gasteiger partial charge in [0.25, 0.3) is 0 Å². The Hall–Kier alpha value is -2.25. The molecule has 2 N–H and O–H groups in total. The van der Waals surface area contributed by atoms with E-state index in [9.17, 15) is 18.0 Å². The number of aromatic nitrogens is 2. The molecule has 5 nitrogen and oxygen atoms in total. The number of halogens is 3. The number of nitrogens with two attached hydrogens (primary N) is 1. The lowest BCUT2D eigenvalue weighted by molar-refractivity contribution is -0.137. The highest BCUT2D eigenvalue weighted by atomic mass is 19.4. The molecule has 20 heavy (non-hydrogen) atoms. The van der Waals surface area contributed by atoms with Gasteiger partial charge in [-0.05, 0) is 13.0 Å². The number of pyridine rings is 1. The topological polar surface area (TPSA) is 70.1 Å². The summed E-state index contributed by atoms with van der Waals surface area (Å²) in [6, 6.07) is 0.904. The summed E-state index contributed by atoms with van der Waals surface area (Å²) in [6.07, 6.45) is -3.82. The van der Waals surface area contributed by atoms with Crippen LogP contribution in [0.4, 0.5) is 18.9 Å². The first kappa shape index (κ1) is 14.2. The number of carbonyl (C=O) groups is 1. The molecule has 0 aliphatic heterocycles. The molecule has 2 heterocycles. The molecule has 0 fully saturated rings. The normalized spacial score (nSPS) is 11.8. The smallest absolute Gasteiger partial charge is 0.417 e. The minimum absolute atomic E-state index is 0.00586. The van der Waals surface area contributed by atoms with Crippen molar-refractivity contribution in [2.24, 2.45) is 7.05 Å². The lowest BCUT2D eigenvalue weighted by atomic mass is 10.2. The third-order valence-corrected chi connectivity index (χ3v) is 2.87. The summed E-state index contributed by atoms with van der Waals surface area (Å²) in [6.45, 7) is 1.76. The number of esters is 1. The molecule has 0 atom stereocenters. The number of nitrogens with zero attached hydrogens (tertiary/aromatic N) is 2. The molecular weight excluding hydrogens is 275 g/mol. The number of nitrogen functional groups attached to an aromatic ring is 1. The molecule has 108 valence electrons. The Kier molecular flexibility index (Phi) is 3.33. The van der Waals surface area contributed by atoms with Crippen LogP contribution in [0, 0.1) is 0 Å². The van der Waals surface area contributed by atoms with Crippen LogP contribution >= 0.6 is 0 Å². The first-order valence-corrected chi connectivity index (χ1v) is 5.75. The lowest BCUT2D eigenvalue weighted by Gasteiger charge is -2.06. The molecule has 8 heteroatoms. The second kappa shape index (κ2) is 4.69. The van der Waals surface area contributed by atoms with Gasteiger partial charge < -0.3 is 15.0 Å². The quantitative estimate of drug-likeness (QED) is 0.861. The van der Waals surface area contributed by atoms with Gasteiger partial charge in [0.05, 0.1) is 23.4 Å². The summed E-state index contributed by atoms with van der Waals surface area (Å²) >= 11 is 0. The van der Waals surface area contributed by atoms with E-state index in [1.165, 1.54) is 11.6 Å². The van der Waals surface area contributed by atoms with Gasteiger partial charge in [-0.25, -0.2) is 4.79 Å². The largest absolute Gasteiger partial charge is 0.461 e. The van der Waals surface area contributed by atoms with Crippen molar-refractivity contribution in [1.29, 1.82) is 0 Å². The van der Waals surface area contributed by atoms with Crippen molar-refractivity contribution in [2.75, 3.05) is 12.3 Å². The fourth-order valence-corrected chi connectivity index (χ4v) is 1.93. The predicted molar refractivity (Wildman–Crippen MR) is 66.1 cm³/mol. The minimum Gasteiger partial charge on any atom is -0.461 e. The van der Waals surface area contributed by atoms with Gasteiger partial charge in [-0.2, -0.15) is 13.2 Å². The molecule has 0 saturated carbocycles. The summed E-state index contributed by atoms with van der Waals surface area (Å²) in [5, 5.41) is 0. The van der Waals surface area contributed by atoms with Crippen molar-refractivity contribution >= 4 is 22.7 Å². The fraction of sp³-hybridized carbons (Fsp3) is 0.333. The molecular formula is C12H12F3N3O2. The van der Waals surface area contributed by atoms with E-state index >= 15 is 0 Å². The van der Waals surface area contributed by atoms with Gasteiger partial charge in [0.2, 0.25) is 0 Å². The van der Waals surface area contributed by atoms with Gasteiger partial charge in [0.15, 0.2) is 5.69 Å². The number of aryl methyl sites for hydroxylation is 1. The van der Waals surface area contributed by atoms with Crippen LogP contribution < -0.4 is 5.73 Å². The van der Waals surface area contributed by atoms with Gasteiger partial charge >= 0.3 is 12.1 Å². The van der Waals surface area contributed by atoms with Crippen LogP contribution in [0.5, 0.6) is 0 Å². The Labute approximate surface area is 112 Å². The van der Waals surface area contributed by atoms with Crippen molar-refractivity contribution < 1.29 is 22.7 Å². The Morgan fingerprint density at radius 2 is 2.15 bits per heavy atom. The number of carbonyl (C=O) groups excluding carboxylic acids is 1. The number of hydrogen-bond donors (Lipinski definition) is 1. The molecule has 0 saturated heterocycles. The predicted octanol–water partition coefficient (Wildman–Crippen LogP) is 2.35. The highest BCUT2D eigenvalue weighted by molar-refractivity contribution is 6.04. The minimum atomic E-state index is -4.51. The van der Waals surface area contributed by atoms with Crippen LogP contribution in [-0.4, -0.2) is 22.1 Å². The maximum Gasteiger partial charge on any atom is 0.417 e. The molecule has 0 amide bonds. The van der Waals surface area contributed by atoms with Crippen molar-refractivity contribution in [3.05, 3.63) is 23.5 Å². The Bertz CT molecular complexity index is 677. The van der Waals surface area contributed by atoms with Crippen LogP contribution in [0.1, 0.15) is 23.0 Å². The average Bonchev–Trinajstić information content (AvgIpc) is 2.61. The number of ether oxygens (including phenoxy) is 1. The number of alkyl halides is 3. The summed E-state index contributed by atoms with van der Waals surface area (Å²) in [7, 11) is 1.44. The van der Waals surface area contributed by atoms with Crippen LogP contribution in [0.2, 0.25) is 0 Å². The second-order valence-electron chi connectivity index (χ2n) is 4.13. The summed E-state index contributed by atoms with van der Waals surface area (Å²) in [5.74, 6) is -0.695. The standard InChI is InChI=1S/C12H12F3N3O2/c1-3-20-11(19)10-8(16)9-7(18(10)2)4-6(5-17-9)12(13,14)15/h4-5H,3,16H2,1-2H3. The molecule has 0 aliphatic rings. The first-order valence-electron chi connectivity index (χ1n) is 5.75. The molecule has 2 aromatic heterocycles. The molecule has 0 spiro atoms. The van der Waals surface area contributed by atoms with E-state index in [1.54, 1.807) is 6.92 Å². The van der Waals surface area contributed by atoms with Gasteiger partial charge in [0, 0.05) is 13.2 Å². The van der Waals surface area contributed by atoms with Crippen LogP contribution in [0.3, 0.4) is 0 Å². The third kappa shape index (κ3) is 2.17. The van der Waals surface area contributed by atoms with Crippen molar-refractivity contribution in [2.45, 2.75) is 13.1 Å². The maximum atomic E-state index is 12.7. The van der Waals surface area contributed by atoms with Gasteiger partial charge in [-0.1, -0.05) is 0 Å². The number of rotatable bonds is 2. The van der Waals surface area contributed by atoms with Crippen molar-refractivity contribution in [1.82, 2.24) is 9.55 Å². The van der Waals surface area contributed by atoms with E-state index in [2.05, 4.69) is 4.98 Å². The van der Waals surface area contributed by atoms with Crippen molar-refractivity contribution in [3.8, 4) is 0 Å². The molecule has 0 radical (unpaired) electrons. The van der Waals surface area contributed by atoms with Gasteiger partial charge in [-0.15, -0.1) is 0 Å². The first-order chi connectivity index (χ1) is 9.27. The van der Waals surface area contributed by atoms with Gasteiger partial charge in [-0.3, -0.25) is 4.98 Å². The Morgan fingerprint density at radius 3 is 2.70 bits per heavy atom. The monoisotopic (exact) mass is 287 g/mol. The number of hydrogen-bond acceptors (Lipinski definition) is 4. The molecule has 0 aromatic carbocycles. The zero-order valence-electron chi connectivity index (χ0n) is 10.8. The molecule has 2 rings (SSSR count). The number of fused-ring (bicyclic) bond motifs is 1. The number of anilines is 1. The van der Waals surface area contributed by atoms with Crippen LogP contribution in [0.25, 0.3) is 11.0 Å². The molecule has 0 bridgehead atoms. The highest BCUT2D eigenvalue weighted by Crippen LogP contribution is 2.33. The third-order valence-electron chi connectivity index (χ3n) is 2.87. The molecule has 0 aliphatic carbocycles. The van der Waals surface area contributed by atoms with Crippen molar-refractivity contribution in [3.63, 3.8) is 0 Å². The summed E-state index contributed by atoms with van der Waals surface area (Å²) in [4.78, 5) is 15.5. The zero-order valence-corrected chi connectivity index (χ0v) is 10.8. The van der Waals surface area contributed by atoms with E-state index < -0.39 is 17.7 Å².